The summed E-state index contributed by atoms with van der Waals surface area (Å²) in [6, 6.07) is 10.5. The molecule has 1 saturated carbocycles. The Kier molecular flexibility index (Phi) is 6.27. The summed E-state index contributed by atoms with van der Waals surface area (Å²) < 4.78 is 36.1. The van der Waals surface area contributed by atoms with E-state index in [0.717, 1.165) is 30.2 Å². The van der Waals surface area contributed by atoms with Gasteiger partial charge in [-0.05, 0) is 43.9 Å². The van der Waals surface area contributed by atoms with Crippen LogP contribution in [0.1, 0.15) is 44.8 Å². The number of carboxylic acid groups (broad SMARTS) is 1. The van der Waals surface area contributed by atoms with E-state index < -0.39 is 16.0 Å². The van der Waals surface area contributed by atoms with Crippen LogP contribution in [-0.2, 0) is 21.2 Å². The van der Waals surface area contributed by atoms with Crippen molar-refractivity contribution in [3.05, 3.63) is 48.3 Å². The number of carboxylic acids is 1. The number of carbonyl (C=O) groups is 1. The van der Waals surface area contributed by atoms with Crippen LogP contribution in [-0.4, -0.2) is 57.8 Å². The van der Waals surface area contributed by atoms with Gasteiger partial charge in [0.15, 0.2) is 5.03 Å². The van der Waals surface area contributed by atoms with E-state index in [1.807, 2.05) is 42.8 Å². The molecule has 2 atom stereocenters. The van der Waals surface area contributed by atoms with Gasteiger partial charge in [0.2, 0.25) is 0 Å². The molecule has 2 fully saturated rings. The Balaban J connectivity index is 1.48. The van der Waals surface area contributed by atoms with E-state index in [9.17, 15) is 18.3 Å². The molecular formula is C25H30N4O5S. The van der Waals surface area contributed by atoms with Crippen molar-refractivity contribution in [2.24, 2.45) is 11.8 Å². The molecule has 0 spiro atoms. The lowest BCUT2D eigenvalue weighted by Gasteiger charge is -2.34. The second-order valence-electron chi connectivity index (χ2n) is 9.72. The first-order valence-corrected chi connectivity index (χ1v) is 13.5. The lowest BCUT2D eigenvalue weighted by molar-refractivity contribution is -0.136. The third-order valence-electron chi connectivity index (χ3n) is 7.06. The number of hydrogen-bond donors (Lipinski definition) is 1. The van der Waals surface area contributed by atoms with Crippen LogP contribution < -0.4 is 4.74 Å². The number of aromatic nitrogens is 3. The van der Waals surface area contributed by atoms with Gasteiger partial charge < -0.3 is 9.84 Å². The molecule has 0 unspecified atom stereocenters. The zero-order chi connectivity index (χ0) is 24.7. The first kappa shape index (κ1) is 23.7. The van der Waals surface area contributed by atoms with Crippen molar-refractivity contribution in [2.75, 3.05) is 13.1 Å². The zero-order valence-electron chi connectivity index (χ0n) is 19.9. The van der Waals surface area contributed by atoms with Crippen molar-refractivity contribution in [3.8, 4) is 5.75 Å². The maximum absolute atomic E-state index is 13.5. The second-order valence-corrected chi connectivity index (χ2v) is 11.6. The molecular weight excluding hydrogens is 468 g/mol. The summed E-state index contributed by atoms with van der Waals surface area (Å²) in [4.78, 5) is 15.6. The predicted octanol–water partition coefficient (Wildman–Crippen LogP) is 3.51. The molecule has 10 heteroatoms. The Morgan fingerprint density at radius 3 is 2.57 bits per heavy atom. The van der Waals surface area contributed by atoms with Crippen molar-refractivity contribution in [2.45, 2.75) is 56.7 Å². The SMILES string of the molecule is CC(C)Oc1ccc(S(=O)(=O)N2C[C@@H](C3CCC3)[C@@H](n3nc(CC(=O)O)c4ccccc43)C2)nc1. The fourth-order valence-electron chi connectivity index (χ4n) is 5.24. The number of hydrogen-bond acceptors (Lipinski definition) is 6. The van der Waals surface area contributed by atoms with Crippen LogP contribution in [0.4, 0.5) is 0 Å². The molecule has 1 aliphatic heterocycles. The monoisotopic (exact) mass is 498 g/mol. The highest BCUT2D eigenvalue weighted by molar-refractivity contribution is 7.89. The van der Waals surface area contributed by atoms with E-state index in [-0.39, 0.29) is 36.1 Å². The largest absolute Gasteiger partial charge is 0.489 e. The van der Waals surface area contributed by atoms with Gasteiger partial charge in [-0.3, -0.25) is 9.48 Å². The van der Waals surface area contributed by atoms with Crippen molar-refractivity contribution in [3.63, 3.8) is 0 Å². The number of pyridine rings is 1. The quantitative estimate of drug-likeness (QED) is 0.505. The van der Waals surface area contributed by atoms with Gasteiger partial charge >= 0.3 is 5.97 Å². The number of aliphatic carboxylic acids is 1. The van der Waals surface area contributed by atoms with Crippen LogP contribution in [0, 0.1) is 11.8 Å². The number of benzene rings is 1. The van der Waals surface area contributed by atoms with Crippen LogP contribution in [0.3, 0.4) is 0 Å². The molecule has 0 bridgehead atoms. The molecule has 1 aliphatic carbocycles. The smallest absolute Gasteiger partial charge is 0.309 e. The lowest BCUT2D eigenvalue weighted by Crippen LogP contribution is -2.31. The van der Waals surface area contributed by atoms with E-state index in [1.165, 1.54) is 16.6 Å². The van der Waals surface area contributed by atoms with Gasteiger partial charge in [0.05, 0.1) is 36.0 Å². The first-order valence-electron chi connectivity index (χ1n) is 12.0. The first-order chi connectivity index (χ1) is 16.7. The van der Waals surface area contributed by atoms with E-state index >= 15 is 0 Å². The van der Waals surface area contributed by atoms with Gasteiger partial charge in [0.25, 0.3) is 10.0 Å². The van der Waals surface area contributed by atoms with Crippen molar-refractivity contribution < 1.29 is 23.1 Å². The average Bonchev–Trinajstić information content (AvgIpc) is 3.35. The summed E-state index contributed by atoms with van der Waals surface area (Å²) in [6.07, 6.45) is 4.51. The van der Waals surface area contributed by atoms with Crippen molar-refractivity contribution in [1.82, 2.24) is 19.1 Å². The van der Waals surface area contributed by atoms with Crippen LogP contribution in [0.5, 0.6) is 5.75 Å². The standard InChI is InChI=1S/C25H30N4O5S/c1-16(2)34-18-10-11-24(26-13-18)35(32,33)28-14-20(17-6-5-7-17)23(15-28)29-22-9-4-3-8-19(22)21(27-29)12-25(30)31/h3-4,8-11,13,16-17,20,23H,5-7,12,14-15H2,1-2H3,(H,30,31)/t20-,23-/m0/s1. The molecule has 3 aromatic rings. The molecule has 1 aromatic carbocycles. The molecule has 2 aliphatic rings. The average molecular weight is 499 g/mol. The highest BCUT2D eigenvalue weighted by Gasteiger charge is 2.46. The van der Waals surface area contributed by atoms with Gasteiger partial charge in [0.1, 0.15) is 5.75 Å². The minimum atomic E-state index is -3.81. The van der Waals surface area contributed by atoms with E-state index in [4.69, 9.17) is 9.84 Å². The second kappa shape index (κ2) is 9.23. The van der Waals surface area contributed by atoms with Crippen LogP contribution in [0.15, 0.2) is 47.6 Å². The number of sulfonamides is 1. The van der Waals surface area contributed by atoms with Crippen LogP contribution in [0.2, 0.25) is 0 Å². The lowest BCUT2D eigenvalue weighted by atomic mass is 9.74. The van der Waals surface area contributed by atoms with E-state index in [2.05, 4.69) is 4.98 Å². The Morgan fingerprint density at radius 2 is 1.94 bits per heavy atom. The van der Waals surface area contributed by atoms with Crippen molar-refractivity contribution >= 4 is 26.9 Å². The summed E-state index contributed by atoms with van der Waals surface area (Å²) >= 11 is 0. The molecule has 0 radical (unpaired) electrons. The van der Waals surface area contributed by atoms with Gasteiger partial charge in [-0.25, -0.2) is 13.4 Å². The fourth-order valence-corrected chi connectivity index (χ4v) is 6.64. The van der Waals surface area contributed by atoms with Crippen LogP contribution in [0.25, 0.3) is 10.9 Å². The maximum atomic E-state index is 13.5. The predicted molar refractivity (Wildman–Crippen MR) is 130 cm³/mol. The molecule has 186 valence electrons. The summed E-state index contributed by atoms with van der Waals surface area (Å²) in [5.41, 5.74) is 1.34. The third kappa shape index (κ3) is 4.52. The number of para-hydroxylation sites is 1. The number of rotatable bonds is 8. The molecule has 35 heavy (non-hydrogen) atoms. The summed E-state index contributed by atoms with van der Waals surface area (Å²) in [7, 11) is -3.81. The molecule has 1 N–H and O–H groups in total. The third-order valence-corrected chi connectivity index (χ3v) is 8.81. The minimum Gasteiger partial charge on any atom is -0.489 e. The molecule has 5 rings (SSSR count). The Bertz CT molecular complexity index is 1330. The van der Waals surface area contributed by atoms with Gasteiger partial charge in [0, 0.05) is 18.5 Å². The molecule has 1 saturated heterocycles. The highest BCUT2D eigenvalue weighted by Crippen LogP contribution is 2.45. The van der Waals surface area contributed by atoms with Gasteiger partial charge in [-0.15, -0.1) is 0 Å². The minimum absolute atomic E-state index is 0.00138. The Hall–Kier alpha value is -2.98. The molecule has 0 amide bonds. The Morgan fingerprint density at radius 1 is 1.17 bits per heavy atom. The molecule has 2 aromatic heterocycles. The number of nitrogens with zero attached hydrogens (tertiary/aromatic N) is 4. The zero-order valence-corrected chi connectivity index (χ0v) is 20.7. The van der Waals surface area contributed by atoms with Gasteiger partial charge in [-0.1, -0.05) is 37.5 Å². The Labute approximate surface area is 204 Å². The molecule has 3 heterocycles. The van der Waals surface area contributed by atoms with Gasteiger partial charge in [-0.2, -0.15) is 9.40 Å². The number of fused-ring (bicyclic) bond motifs is 1. The molecule has 9 nitrogen and oxygen atoms in total. The van der Waals surface area contributed by atoms with Crippen molar-refractivity contribution in [1.29, 1.82) is 0 Å². The summed E-state index contributed by atoms with van der Waals surface area (Å²) in [6.45, 7) is 4.46. The maximum Gasteiger partial charge on any atom is 0.309 e. The fraction of sp³-hybridized carbons (Fsp3) is 0.480. The topological polar surface area (TPSA) is 115 Å². The summed E-state index contributed by atoms with van der Waals surface area (Å²) in [5, 5.41) is 14.9. The van der Waals surface area contributed by atoms with E-state index in [0.29, 0.717) is 23.9 Å². The highest BCUT2D eigenvalue weighted by atomic mass is 32.2. The summed E-state index contributed by atoms with van der Waals surface area (Å²) in [5.74, 6) is 0.103. The normalized spacial score (nSPS) is 21.5. The van der Waals surface area contributed by atoms with Crippen LogP contribution >= 0.6 is 0 Å². The van der Waals surface area contributed by atoms with E-state index in [1.54, 1.807) is 6.07 Å². The number of ether oxygens (including phenoxy) is 1.